The molecule has 3 fully saturated rings. The van der Waals surface area contributed by atoms with Gasteiger partial charge in [-0.05, 0) is 24.7 Å². The van der Waals surface area contributed by atoms with Crippen molar-refractivity contribution in [3.8, 4) is 0 Å². The van der Waals surface area contributed by atoms with Gasteiger partial charge in [0, 0.05) is 17.0 Å². The Morgan fingerprint density at radius 2 is 1.95 bits per heavy atom. The molecule has 0 spiro atoms. The van der Waals surface area contributed by atoms with Crippen LogP contribution >= 0.6 is 0 Å². The number of carboxylic acids is 1. The van der Waals surface area contributed by atoms with E-state index in [4.69, 9.17) is 10.8 Å². The van der Waals surface area contributed by atoms with Crippen LogP contribution in [0.5, 0.6) is 0 Å². The summed E-state index contributed by atoms with van der Waals surface area (Å²) in [5, 5.41) is 20.0. The average Bonchev–Trinajstić information content (AvgIpc) is 2.25. The highest BCUT2D eigenvalue weighted by Crippen LogP contribution is 2.75. The lowest BCUT2D eigenvalue weighted by atomic mass is 9.31. The van der Waals surface area contributed by atoms with E-state index in [9.17, 15) is 14.9 Å². The average molecular weight is 262 g/mol. The summed E-state index contributed by atoms with van der Waals surface area (Å²) >= 11 is 0. The summed E-state index contributed by atoms with van der Waals surface area (Å²) in [5.74, 6) is -0.990. The van der Waals surface area contributed by atoms with Gasteiger partial charge >= 0.3 is 5.97 Å². The van der Waals surface area contributed by atoms with Crippen molar-refractivity contribution in [3.63, 3.8) is 0 Å². The van der Waals surface area contributed by atoms with Gasteiger partial charge in [-0.15, -0.1) is 0 Å². The predicted molar refractivity (Wildman–Crippen MR) is 66.7 cm³/mol. The molecule has 0 amide bonds. The molecule has 4 rings (SSSR count). The number of hydrogen-bond donors (Lipinski definition) is 2. The number of nitro groups is 1. The first kappa shape index (κ1) is 12.1. The third kappa shape index (κ3) is 1.43. The Bertz CT molecular complexity index is 564. The number of nitrogens with two attached hydrogens (primary N) is 1. The van der Waals surface area contributed by atoms with Gasteiger partial charge in [0.2, 0.25) is 0 Å². The zero-order chi connectivity index (χ0) is 13.8. The van der Waals surface area contributed by atoms with E-state index in [1.54, 1.807) is 18.2 Å². The summed E-state index contributed by atoms with van der Waals surface area (Å²) in [5.41, 5.74) is 5.96. The van der Waals surface area contributed by atoms with E-state index in [0.29, 0.717) is 19.3 Å². The molecule has 0 aromatic heterocycles. The molecule has 0 saturated heterocycles. The first-order chi connectivity index (χ1) is 8.90. The van der Waals surface area contributed by atoms with Gasteiger partial charge in [-0.25, -0.2) is 0 Å². The van der Waals surface area contributed by atoms with Crippen LogP contribution in [0.3, 0.4) is 0 Å². The molecule has 100 valence electrons. The van der Waals surface area contributed by atoms with Gasteiger partial charge in [-0.3, -0.25) is 14.9 Å². The molecule has 2 bridgehead atoms. The fourth-order valence-electron chi connectivity index (χ4n) is 3.83. The SMILES string of the molecule is NC(C(=O)O)C12CC(c3ccccc3[N+](=O)[O-])(C1)C2. The normalized spacial score (nSPS) is 32.9. The van der Waals surface area contributed by atoms with Crippen molar-refractivity contribution in [1.82, 2.24) is 0 Å². The van der Waals surface area contributed by atoms with E-state index in [2.05, 4.69) is 0 Å². The van der Waals surface area contributed by atoms with Crippen LogP contribution in [0.15, 0.2) is 24.3 Å². The lowest BCUT2D eigenvalue weighted by Gasteiger charge is -2.72. The summed E-state index contributed by atoms with van der Waals surface area (Å²) < 4.78 is 0. The second-order valence-electron chi connectivity index (χ2n) is 5.76. The van der Waals surface area contributed by atoms with Crippen LogP contribution in [0, 0.1) is 15.5 Å². The van der Waals surface area contributed by atoms with Crippen LogP contribution in [0.1, 0.15) is 24.8 Å². The highest BCUT2D eigenvalue weighted by Gasteiger charge is 2.72. The minimum absolute atomic E-state index is 0.125. The second kappa shape index (κ2) is 3.54. The number of para-hydroxylation sites is 1. The van der Waals surface area contributed by atoms with E-state index < -0.39 is 12.0 Å². The number of carboxylic acid groups (broad SMARTS) is 1. The molecule has 3 N–H and O–H groups in total. The number of hydrogen-bond acceptors (Lipinski definition) is 4. The zero-order valence-electron chi connectivity index (χ0n) is 10.2. The Kier molecular flexibility index (Phi) is 2.25. The largest absolute Gasteiger partial charge is 0.480 e. The van der Waals surface area contributed by atoms with Gasteiger partial charge in [-0.2, -0.15) is 0 Å². The van der Waals surface area contributed by atoms with Crippen LogP contribution < -0.4 is 5.73 Å². The Balaban J connectivity index is 1.86. The monoisotopic (exact) mass is 262 g/mol. The van der Waals surface area contributed by atoms with E-state index in [0.717, 1.165) is 5.56 Å². The first-order valence-corrected chi connectivity index (χ1v) is 6.13. The van der Waals surface area contributed by atoms with Crippen LogP contribution in [0.4, 0.5) is 5.69 Å². The Hall–Kier alpha value is -1.95. The van der Waals surface area contributed by atoms with Gasteiger partial charge in [0.05, 0.1) is 4.92 Å². The van der Waals surface area contributed by atoms with Gasteiger partial charge in [0.25, 0.3) is 5.69 Å². The molecule has 19 heavy (non-hydrogen) atoms. The second-order valence-corrected chi connectivity index (χ2v) is 5.76. The quantitative estimate of drug-likeness (QED) is 0.630. The van der Waals surface area contributed by atoms with Crippen molar-refractivity contribution in [3.05, 3.63) is 39.9 Å². The molecule has 1 unspecified atom stereocenters. The molecule has 3 aliphatic carbocycles. The lowest BCUT2D eigenvalue weighted by Crippen LogP contribution is -2.72. The minimum atomic E-state index is -0.990. The molecule has 1 atom stereocenters. The molecule has 1 aromatic rings. The molecule has 6 nitrogen and oxygen atoms in total. The summed E-state index contributed by atoms with van der Waals surface area (Å²) in [7, 11) is 0. The van der Waals surface area contributed by atoms with Crippen molar-refractivity contribution < 1.29 is 14.8 Å². The Morgan fingerprint density at radius 1 is 1.37 bits per heavy atom. The number of aliphatic carboxylic acids is 1. The summed E-state index contributed by atoms with van der Waals surface area (Å²) in [4.78, 5) is 21.6. The number of carbonyl (C=O) groups is 1. The van der Waals surface area contributed by atoms with Gasteiger partial charge in [0.15, 0.2) is 0 Å². The number of benzene rings is 1. The fraction of sp³-hybridized carbons (Fsp3) is 0.462. The molecule has 3 aliphatic rings. The number of nitro benzene ring substituents is 1. The third-order valence-electron chi connectivity index (χ3n) is 4.67. The molecule has 0 aliphatic heterocycles. The molecule has 0 radical (unpaired) electrons. The molecule has 3 saturated carbocycles. The van der Waals surface area contributed by atoms with Crippen LogP contribution in [-0.2, 0) is 10.2 Å². The third-order valence-corrected chi connectivity index (χ3v) is 4.67. The molecule has 6 heteroatoms. The van der Waals surface area contributed by atoms with E-state index in [-0.39, 0.29) is 21.4 Å². The smallest absolute Gasteiger partial charge is 0.321 e. The van der Waals surface area contributed by atoms with Crippen molar-refractivity contribution in [2.24, 2.45) is 11.1 Å². The van der Waals surface area contributed by atoms with Gasteiger partial charge < -0.3 is 10.8 Å². The van der Waals surface area contributed by atoms with Crippen LogP contribution in [0.25, 0.3) is 0 Å². The number of rotatable bonds is 4. The maximum absolute atomic E-state index is 11.0. The Labute approximate surface area is 109 Å². The van der Waals surface area contributed by atoms with Crippen LogP contribution in [-0.4, -0.2) is 22.0 Å². The van der Waals surface area contributed by atoms with Gasteiger partial charge in [-0.1, -0.05) is 18.2 Å². The van der Waals surface area contributed by atoms with E-state index >= 15 is 0 Å². The van der Waals surface area contributed by atoms with Crippen molar-refractivity contribution in [2.45, 2.75) is 30.7 Å². The summed E-state index contributed by atoms with van der Waals surface area (Å²) in [6.07, 6.45) is 1.91. The summed E-state index contributed by atoms with van der Waals surface area (Å²) in [6, 6.07) is 5.84. The highest BCUT2D eigenvalue weighted by atomic mass is 16.6. The predicted octanol–water partition coefficient (Wildman–Crippen LogP) is 1.43. The number of nitrogens with zero attached hydrogens (tertiary/aromatic N) is 1. The topological polar surface area (TPSA) is 106 Å². The molecular formula is C13H14N2O4. The maximum Gasteiger partial charge on any atom is 0.321 e. The molecule has 0 heterocycles. The van der Waals surface area contributed by atoms with Gasteiger partial charge in [0.1, 0.15) is 6.04 Å². The van der Waals surface area contributed by atoms with Crippen molar-refractivity contribution in [2.75, 3.05) is 0 Å². The van der Waals surface area contributed by atoms with E-state index in [1.807, 2.05) is 0 Å². The fourth-order valence-corrected chi connectivity index (χ4v) is 3.83. The highest BCUT2D eigenvalue weighted by molar-refractivity contribution is 5.76. The zero-order valence-corrected chi connectivity index (χ0v) is 10.2. The lowest BCUT2D eigenvalue weighted by molar-refractivity contribution is -0.387. The minimum Gasteiger partial charge on any atom is -0.480 e. The maximum atomic E-state index is 11.0. The Morgan fingerprint density at radius 3 is 2.47 bits per heavy atom. The molecule has 1 aromatic carbocycles. The first-order valence-electron chi connectivity index (χ1n) is 6.13. The van der Waals surface area contributed by atoms with Crippen LogP contribution in [0.2, 0.25) is 0 Å². The summed E-state index contributed by atoms with van der Waals surface area (Å²) in [6.45, 7) is 0. The van der Waals surface area contributed by atoms with E-state index in [1.165, 1.54) is 6.07 Å². The molecular weight excluding hydrogens is 248 g/mol. The standard InChI is InChI=1S/C13H14N2O4/c14-10(11(16)17)13-5-12(6-13,7-13)8-3-1-2-4-9(8)15(18)19/h1-4,10H,5-7,14H2,(H,16,17). The van der Waals surface area contributed by atoms with Crippen molar-refractivity contribution in [1.29, 1.82) is 0 Å². The van der Waals surface area contributed by atoms with Crippen molar-refractivity contribution >= 4 is 11.7 Å².